The molecule has 0 N–H and O–H groups in total. The second-order valence-corrected chi connectivity index (χ2v) is 7.71. The highest BCUT2D eigenvalue weighted by Crippen LogP contribution is 2.20. The molecule has 0 aliphatic carbocycles. The van der Waals surface area contributed by atoms with Crippen molar-refractivity contribution in [3.05, 3.63) is 46.2 Å². The van der Waals surface area contributed by atoms with Crippen LogP contribution in [0.15, 0.2) is 29.6 Å². The van der Waals surface area contributed by atoms with Crippen molar-refractivity contribution in [1.82, 2.24) is 9.97 Å². The number of halogens is 1. The molecule has 0 amide bonds. The van der Waals surface area contributed by atoms with Gasteiger partial charge in [-0.05, 0) is 43.5 Å². The number of hydrogen-bond donors (Lipinski definition) is 0. The third-order valence-electron chi connectivity index (χ3n) is 3.36. The van der Waals surface area contributed by atoms with Gasteiger partial charge in [-0.1, -0.05) is 24.6 Å². The topological polar surface area (TPSA) is 86.2 Å². The molecule has 8 heteroatoms. The van der Waals surface area contributed by atoms with Gasteiger partial charge in [0.1, 0.15) is 5.75 Å². The van der Waals surface area contributed by atoms with E-state index in [4.69, 9.17) is 16.3 Å². The second-order valence-electron chi connectivity index (χ2n) is 5.30. The minimum absolute atomic E-state index is 0.0701. The van der Waals surface area contributed by atoms with Crippen molar-refractivity contribution < 1.29 is 17.9 Å². The maximum Gasteiger partial charge on any atom is 0.364 e. The summed E-state index contributed by atoms with van der Waals surface area (Å²) in [5.74, 6) is -0.616. The Morgan fingerprint density at radius 3 is 2.58 bits per heavy atom. The normalized spacial score (nSPS) is 11.3. The predicted octanol–water partition coefficient (Wildman–Crippen LogP) is 3.15. The van der Waals surface area contributed by atoms with Crippen molar-refractivity contribution in [2.45, 2.75) is 32.3 Å². The van der Waals surface area contributed by atoms with Gasteiger partial charge in [0.2, 0.25) is 15.0 Å². The van der Waals surface area contributed by atoms with Gasteiger partial charge in [-0.15, -0.1) is 0 Å². The lowest BCUT2D eigenvalue weighted by atomic mass is 10.1. The van der Waals surface area contributed by atoms with E-state index < -0.39 is 21.0 Å². The molecule has 0 aliphatic rings. The Morgan fingerprint density at radius 1 is 1.25 bits per heavy atom. The summed E-state index contributed by atoms with van der Waals surface area (Å²) in [7, 11) is -3.66. The maximum absolute atomic E-state index is 12.3. The molecule has 0 radical (unpaired) electrons. The molecule has 1 aromatic carbocycles. The van der Waals surface area contributed by atoms with Crippen molar-refractivity contribution in [1.29, 1.82) is 0 Å². The highest BCUT2D eigenvalue weighted by atomic mass is 35.5. The summed E-state index contributed by atoms with van der Waals surface area (Å²) in [4.78, 5) is 19.8. The third kappa shape index (κ3) is 4.10. The van der Waals surface area contributed by atoms with Crippen molar-refractivity contribution in [2.24, 2.45) is 0 Å². The number of carbonyl (C=O) groups excluding carboxylic acids is 1. The van der Waals surface area contributed by atoms with Crippen LogP contribution in [0.3, 0.4) is 0 Å². The van der Waals surface area contributed by atoms with Gasteiger partial charge in [0.25, 0.3) is 0 Å². The molecule has 0 spiro atoms. The van der Waals surface area contributed by atoms with E-state index in [2.05, 4.69) is 9.97 Å². The number of esters is 1. The van der Waals surface area contributed by atoms with Crippen LogP contribution in [0.25, 0.3) is 0 Å². The molecule has 0 atom stereocenters. The lowest BCUT2D eigenvalue weighted by Gasteiger charge is -2.08. The van der Waals surface area contributed by atoms with Crippen molar-refractivity contribution in [3.8, 4) is 5.75 Å². The summed E-state index contributed by atoms with van der Waals surface area (Å²) in [5, 5.41) is -0.500. The van der Waals surface area contributed by atoms with E-state index in [1.165, 1.54) is 0 Å². The first-order valence-corrected chi connectivity index (χ1v) is 9.32. The zero-order valence-corrected chi connectivity index (χ0v) is 15.1. The Labute approximate surface area is 145 Å². The molecule has 0 saturated carbocycles. The number of carbonyl (C=O) groups is 1. The summed E-state index contributed by atoms with van der Waals surface area (Å²) >= 11 is 5.92. The molecule has 0 aliphatic heterocycles. The number of ether oxygens (including phenoxy) is 1. The van der Waals surface area contributed by atoms with Crippen LogP contribution in [0.2, 0.25) is 5.02 Å². The summed E-state index contributed by atoms with van der Waals surface area (Å²) in [6.45, 7) is 5.55. The van der Waals surface area contributed by atoms with Gasteiger partial charge in [-0.25, -0.2) is 23.2 Å². The van der Waals surface area contributed by atoms with Gasteiger partial charge in [0.05, 0.1) is 17.0 Å². The SMILES string of the molecule is CCCS(=O)(=O)c1ncc(Cl)c(C(=O)Oc2ccc(C)c(C)c2)n1. The molecular formula is C16H17ClN2O4S. The first-order chi connectivity index (χ1) is 11.2. The van der Waals surface area contributed by atoms with Crippen molar-refractivity contribution >= 4 is 27.4 Å². The minimum atomic E-state index is -3.66. The van der Waals surface area contributed by atoms with Crippen LogP contribution in [0.5, 0.6) is 5.75 Å². The van der Waals surface area contributed by atoms with Crippen molar-refractivity contribution in [2.75, 3.05) is 5.75 Å². The molecule has 128 valence electrons. The number of sulfone groups is 1. The summed E-state index contributed by atoms with van der Waals surface area (Å²) in [5.41, 5.74) is 1.74. The van der Waals surface area contributed by atoms with Crippen LogP contribution in [-0.2, 0) is 9.84 Å². The third-order valence-corrected chi connectivity index (χ3v) is 5.33. The highest BCUT2D eigenvalue weighted by Gasteiger charge is 2.23. The minimum Gasteiger partial charge on any atom is -0.422 e. The van der Waals surface area contributed by atoms with Crippen LogP contribution in [0.1, 0.15) is 35.0 Å². The Hall–Kier alpha value is -1.99. The molecule has 0 saturated heterocycles. The Balaban J connectivity index is 2.33. The standard InChI is InChI=1S/C16H17ClN2O4S/c1-4-7-24(21,22)16-18-9-13(17)14(19-16)15(20)23-12-6-5-10(2)11(3)8-12/h5-6,8-9H,4,7H2,1-3H3. The monoisotopic (exact) mass is 368 g/mol. The number of hydrogen-bond acceptors (Lipinski definition) is 6. The average molecular weight is 369 g/mol. The van der Waals surface area contributed by atoms with Gasteiger partial charge in [0, 0.05) is 0 Å². The van der Waals surface area contributed by atoms with Gasteiger partial charge in [-0.2, -0.15) is 0 Å². The van der Waals surface area contributed by atoms with Gasteiger partial charge in [0.15, 0.2) is 5.69 Å². The number of benzene rings is 1. The van der Waals surface area contributed by atoms with Crippen LogP contribution in [0.4, 0.5) is 0 Å². The average Bonchev–Trinajstić information content (AvgIpc) is 2.51. The molecular weight excluding hydrogens is 352 g/mol. The van der Waals surface area contributed by atoms with Gasteiger partial charge in [-0.3, -0.25) is 0 Å². The molecule has 1 heterocycles. The lowest BCUT2D eigenvalue weighted by molar-refractivity contribution is 0.0727. The highest BCUT2D eigenvalue weighted by molar-refractivity contribution is 7.91. The van der Waals surface area contributed by atoms with E-state index >= 15 is 0 Å². The number of aromatic nitrogens is 2. The molecule has 2 aromatic rings. The van der Waals surface area contributed by atoms with Crippen molar-refractivity contribution in [3.63, 3.8) is 0 Å². The molecule has 6 nitrogen and oxygen atoms in total. The van der Waals surface area contributed by atoms with Gasteiger partial charge < -0.3 is 4.74 Å². The molecule has 0 unspecified atom stereocenters. The molecule has 0 bridgehead atoms. The number of aryl methyl sites for hydroxylation is 2. The Bertz CT molecular complexity index is 882. The summed E-state index contributed by atoms with van der Waals surface area (Å²) in [6, 6.07) is 5.16. The van der Waals surface area contributed by atoms with Gasteiger partial charge >= 0.3 is 5.97 Å². The Kier molecular flexibility index (Phi) is 5.56. The molecule has 24 heavy (non-hydrogen) atoms. The fraction of sp³-hybridized carbons (Fsp3) is 0.312. The van der Waals surface area contributed by atoms with E-state index in [1.807, 2.05) is 19.9 Å². The van der Waals surface area contributed by atoms with Crippen LogP contribution < -0.4 is 4.74 Å². The molecule has 2 rings (SSSR count). The fourth-order valence-corrected chi connectivity index (χ4v) is 3.27. The van der Waals surface area contributed by atoms with E-state index in [0.717, 1.165) is 17.3 Å². The summed E-state index contributed by atoms with van der Waals surface area (Å²) < 4.78 is 29.3. The quantitative estimate of drug-likeness (QED) is 0.457. The fourth-order valence-electron chi connectivity index (χ4n) is 1.94. The number of rotatable bonds is 5. The smallest absolute Gasteiger partial charge is 0.364 e. The first kappa shape index (κ1) is 18.4. The van der Waals surface area contributed by atoms with Crippen LogP contribution in [-0.4, -0.2) is 30.1 Å². The van der Waals surface area contributed by atoms with E-state index in [-0.39, 0.29) is 16.5 Å². The zero-order valence-electron chi connectivity index (χ0n) is 13.5. The molecule has 0 fully saturated rings. The predicted molar refractivity (Wildman–Crippen MR) is 90.3 cm³/mol. The van der Waals surface area contributed by atoms with Crippen LogP contribution >= 0.6 is 11.6 Å². The Morgan fingerprint density at radius 2 is 1.96 bits per heavy atom. The number of nitrogens with zero attached hydrogens (tertiary/aromatic N) is 2. The zero-order chi connectivity index (χ0) is 17.9. The largest absolute Gasteiger partial charge is 0.422 e. The first-order valence-electron chi connectivity index (χ1n) is 7.29. The maximum atomic E-state index is 12.3. The van der Waals surface area contributed by atoms with E-state index in [0.29, 0.717) is 12.2 Å². The molecule has 1 aromatic heterocycles. The van der Waals surface area contributed by atoms with E-state index in [1.54, 1.807) is 19.1 Å². The second kappa shape index (κ2) is 7.27. The van der Waals surface area contributed by atoms with E-state index in [9.17, 15) is 13.2 Å². The van der Waals surface area contributed by atoms with Crippen LogP contribution in [0, 0.1) is 13.8 Å². The summed E-state index contributed by atoms with van der Waals surface area (Å²) in [6.07, 6.45) is 1.50. The lowest BCUT2D eigenvalue weighted by Crippen LogP contribution is -2.17.